The maximum atomic E-state index is 13.5. The van der Waals surface area contributed by atoms with Gasteiger partial charge in [0.15, 0.2) is 0 Å². The van der Waals surface area contributed by atoms with Gasteiger partial charge in [0, 0.05) is 38.9 Å². The molecule has 9 heteroatoms. The van der Waals surface area contributed by atoms with Gasteiger partial charge in [-0.05, 0) is 50.6 Å². The van der Waals surface area contributed by atoms with Gasteiger partial charge in [-0.3, -0.25) is 4.79 Å². The van der Waals surface area contributed by atoms with Gasteiger partial charge in [-0.15, -0.1) is 0 Å². The van der Waals surface area contributed by atoms with Crippen molar-refractivity contribution in [3.8, 4) is 0 Å². The normalized spacial score (nSPS) is 16.0. The minimum Gasteiger partial charge on any atom is -0.383 e. The average Bonchev–Trinajstić information content (AvgIpc) is 3.36. The van der Waals surface area contributed by atoms with Gasteiger partial charge in [0.25, 0.3) is 5.91 Å². The van der Waals surface area contributed by atoms with Crippen LogP contribution in [0.15, 0.2) is 47.7 Å². The van der Waals surface area contributed by atoms with Crippen molar-refractivity contribution in [3.05, 3.63) is 59.7 Å². The summed E-state index contributed by atoms with van der Waals surface area (Å²) in [4.78, 5) is 27.6. The Morgan fingerprint density at radius 1 is 1.24 bits per heavy atom. The SMILES string of the molecule is COCCN(CC(=O)N1N=C(c2cccn2C)C[C@H]1c1ccc(F)cc1)C(=O)NC(C)(C)C. The van der Waals surface area contributed by atoms with Crippen LogP contribution >= 0.6 is 0 Å². The lowest BCUT2D eigenvalue weighted by atomic mass is 10.0. The van der Waals surface area contributed by atoms with Gasteiger partial charge >= 0.3 is 6.03 Å². The summed E-state index contributed by atoms with van der Waals surface area (Å²) in [6, 6.07) is 9.20. The zero-order chi connectivity index (χ0) is 24.2. The molecular weight excluding hydrogens is 425 g/mol. The lowest BCUT2D eigenvalue weighted by molar-refractivity contribution is -0.133. The van der Waals surface area contributed by atoms with Crippen molar-refractivity contribution in [3.63, 3.8) is 0 Å². The summed E-state index contributed by atoms with van der Waals surface area (Å²) in [6.45, 7) is 6.03. The number of hydrogen-bond donors (Lipinski definition) is 1. The third-order valence-corrected chi connectivity index (χ3v) is 5.32. The zero-order valence-electron chi connectivity index (χ0n) is 19.8. The highest BCUT2D eigenvalue weighted by Crippen LogP contribution is 2.33. The van der Waals surface area contributed by atoms with E-state index in [2.05, 4.69) is 10.4 Å². The van der Waals surface area contributed by atoms with Crippen LogP contribution in [0.1, 0.15) is 44.5 Å². The Bertz CT molecular complexity index is 1010. The molecule has 0 spiro atoms. The van der Waals surface area contributed by atoms with Crippen molar-refractivity contribution >= 4 is 17.6 Å². The second kappa shape index (κ2) is 10.2. The van der Waals surface area contributed by atoms with E-state index in [9.17, 15) is 14.0 Å². The number of nitrogens with one attached hydrogen (secondary N) is 1. The Balaban J connectivity index is 1.87. The van der Waals surface area contributed by atoms with Crippen LogP contribution in [-0.2, 0) is 16.6 Å². The zero-order valence-corrected chi connectivity index (χ0v) is 19.8. The first-order valence-electron chi connectivity index (χ1n) is 10.9. The monoisotopic (exact) mass is 457 g/mol. The molecule has 0 fully saturated rings. The molecular formula is C24H32FN5O3. The van der Waals surface area contributed by atoms with Crippen molar-refractivity contribution < 1.29 is 18.7 Å². The van der Waals surface area contributed by atoms with Crippen LogP contribution < -0.4 is 5.32 Å². The number of methoxy groups -OCH3 is 1. The van der Waals surface area contributed by atoms with E-state index >= 15 is 0 Å². The number of aromatic nitrogens is 1. The van der Waals surface area contributed by atoms with E-state index in [1.807, 2.05) is 50.7 Å². The number of urea groups is 1. The smallest absolute Gasteiger partial charge is 0.318 e. The Morgan fingerprint density at radius 2 is 1.94 bits per heavy atom. The second-order valence-corrected chi connectivity index (χ2v) is 9.16. The van der Waals surface area contributed by atoms with Crippen molar-refractivity contribution in [2.24, 2.45) is 12.1 Å². The maximum absolute atomic E-state index is 13.5. The van der Waals surface area contributed by atoms with E-state index in [0.29, 0.717) is 13.0 Å². The van der Waals surface area contributed by atoms with Crippen LogP contribution in [0, 0.1) is 5.82 Å². The van der Waals surface area contributed by atoms with E-state index in [0.717, 1.165) is 17.0 Å². The molecule has 2 heterocycles. The Hall–Kier alpha value is -3.20. The number of rotatable bonds is 7. The first kappa shape index (κ1) is 24.4. The molecule has 0 aliphatic carbocycles. The van der Waals surface area contributed by atoms with Gasteiger partial charge in [0.1, 0.15) is 12.4 Å². The molecule has 8 nitrogen and oxygen atoms in total. The molecule has 0 unspecified atom stereocenters. The Kier molecular flexibility index (Phi) is 7.53. The molecule has 0 bridgehead atoms. The van der Waals surface area contributed by atoms with Crippen molar-refractivity contribution in [2.45, 2.75) is 38.8 Å². The molecule has 33 heavy (non-hydrogen) atoms. The van der Waals surface area contributed by atoms with Gasteiger partial charge in [-0.1, -0.05) is 12.1 Å². The number of carbonyl (C=O) groups excluding carboxylic acids is 2. The molecule has 0 saturated heterocycles. The highest BCUT2D eigenvalue weighted by atomic mass is 19.1. The van der Waals surface area contributed by atoms with Crippen molar-refractivity contribution in [1.29, 1.82) is 0 Å². The number of hydrazone groups is 1. The third kappa shape index (κ3) is 6.19. The number of amides is 3. The summed E-state index contributed by atoms with van der Waals surface area (Å²) in [5.74, 6) is -0.670. The topological polar surface area (TPSA) is 79.2 Å². The molecule has 3 rings (SSSR count). The number of aryl methyl sites for hydroxylation is 1. The number of halogens is 1. The number of benzene rings is 1. The fourth-order valence-electron chi connectivity index (χ4n) is 3.69. The number of carbonyl (C=O) groups is 2. The van der Waals surface area contributed by atoms with Gasteiger partial charge in [-0.25, -0.2) is 14.2 Å². The molecule has 178 valence electrons. The minimum absolute atomic E-state index is 0.160. The Morgan fingerprint density at radius 3 is 2.52 bits per heavy atom. The van der Waals surface area contributed by atoms with E-state index in [-0.39, 0.29) is 30.8 Å². The first-order valence-corrected chi connectivity index (χ1v) is 10.9. The first-order chi connectivity index (χ1) is 15.6. The fourth-order valence-corrected chi connectivity index (χ4v) is 3.69. The molecule has 1 aliphatic rings. The molecule has 3 amide bonds. The van der Waals surface area contributed by atoms with Gasteiger partial charge in [0.2, 0.25) is 0 Å². The van der Waals surface area contributed by atoms with Crippen LogP contribution in [0.5, 0.6) is 0 Å². The number of ether oxygens (including phenoxy) is 1. The Labute approximate surface area is 194 Å². The predicted octanol–water partition coefficient (Wildman–Crippen LogP) is 3.30. The number of nitrogens with zero attached hydrogens (tertiary/aromatic N) is 4. The molecule has 1 N–H and O–H groups in total. The minimum atomic E-state index is -0.451. The van der Waals surface area contributed by atoms with Gasteiger partial charge in [-0.2, -0.15) is 5.10 Å². The quantitative estimate of drug-likeness (QED) is 0.693. The van der Waals surface area contributed by atoms with Crippen LogP contribution in [-0.4, -0.2) is 64.5 Å². The fraction of sp³-hybridized carbons (Fsp3) is 0.458. The predicted molar refractivity (Wildman–Crippen MR) is 124 cm³/mol. The highest BCUT2D eigenvalue weighted by molar-refractivity contribution is 6.02. The summed E-state index contributed by atoms with van der Waals surface area (Å²) in [6.07, 6.45) is 2.40. The molecule has 1 aliphatic heterocycles. The lowest BCUT2D eigenvalue weighted by Gasteiger charge is -2.30. The van der Waals surface area contributed by atoms with E-state index in [1.54, 1.807) is 19.2 Å². The van der Waals surface area contributed by atoms with Crippen LogP contribution in [0.25, 0.3) is 0 Å². The molecule has 0 saturated carbocycles. The van der Waals surface area contributed by atoms with E-state index in [4.69, 9.17) is 4.74 Å². The second-order valence-electron chi connectivity index (χ2n) is 9.16. The molecule has 2 aromatic rings. The molecule has 1 aromatic carbocycles. The van der Waals surface area contributed by atoms with Crippen LogP contribution in [0.2, 0.25) is 0 Å². The third-order valence-electron chi connectivity index (χ3n) is 5.32. The standard InChI is InChI=1S/C24H32FN5O3/c1-24(2,3)26-23(32)29(13-14-33-5)16-22(31)30-21(17-8-10-18(25)11-9-17)15-19(27-30)20-7-6-12-28(20)4/h6-12,21H,13-16H2,1-5H3,(H,26,32)/t21-/m0/s1. The van der Waals surface area contributed by atoms with Crippen molar-refractivity contribution in [1.82, 2.24) is 19.8 Å². The average molecular weight is 458 g/mol. The van der Waals surface area contributed by atoms with Crippen LogP contribution in [0.4, 0.5) is 9.18 Å². The highest BCUT2D eigenvalue weighted by Gasteiger charge is 2.35. The summed E-state index contributed by atoms with van der Waals surface area (Å²) in [7, 11) is 3.46. The molecule has 1 atom stereocenters. The largest absolute Gasteiger partial charge is 0.383 e. The molecule has 0 radical (unpaired) electrons. The van der Waals surface area contributed by atoms with E-state index in [1.165, 1.54) is 22.0 Å². The van der Waals surface area contributed by atoms with E-state index < -0.39 is 11.6 Å². The summed E-state index contributed by atoms with van der Waals surface area (Å²) < 4.78 is 20.6. The summed E-state index contributed by atoms with van der Waals surface area (Å²) in [5.41, 5.74) is 1.99. The van der Waals surface area contributed by atoms with Crippen molar-refractivity contribution in [2.75, 3.05) is 26.8 Å². The summed E-state index contributed by atoms with van der Waals surface area (Å²) in [5, 5.41) is 8.94. The summed E-state index contributed by atoms with van der Waals surface area (Å²) >= 11 is 0. The van der Waals surface area contributed by atoms with Gasteiger partial charge < -0.3 is 19.5 Å². The lowest BCUT2D eigenvalue weighted by Crippen LogP contribution is -2.52. The van der Waals surface area contributed by atoms with Crippen LogP contribution in [0.3, 0.4) is 0 Å². The maximum Gasteiger partial charge on any atom is 0.318 e. The number of hydrogen-bond acceptors (Lipinski definition) is 4. The van der Waals surface area contributed by atoms with Gasteiger partial charge in [0.05, 0.1) is 24.1 Å². The molecule has 1 aromatic heterocycles.